The summed E-state index contributed by atoms with van der Waals surface area (Å²) in [6, 6.07) is 2.97. The van der Waals surface area contributed by atoms with Crippen molar-refractivity contribution in [1.82, 2.24) is 9.97 Å². The van der Waals surface area contributed by atoms with E-state index in [0.29, 0.717) is 17.2 Å². The van der Waals surface area contributed by atoms with Crippen LogP contribution in [0.15, 0.2) is 22.7 Å². The number of carboxylic acids is 1. The van der Waals surface area contributed by atoms with Crippen LogP contribution in [-0.2, 0) is 0 Å². The van der Waals surface area contributed by atoms with Crippen molar-refractivity contribution in [1.29, 1.82) is 0 Å². The van der Waals surface area contributed by atoms with Crippen LogP contribution in [0, 0.1) is 6.92 Å². The molecule has 0 aliphatic heterocycles. The number of aromatic nitrogens is 2. The fourth-order valence-corrected chi connectivity index (χ4v) is 1.39. The van der Waals surface area contributed by atoms with Gasteiger partial charge < -0.3 is 14.3 Å². The summed E-state index contributed by atoms with van der Waals surface area (Å²) in [5.74, 6) is 0.0952. The minimum absolute atomic E-state index is 0.0816. The second kappa shape index (κ2) is 4.25. The summed E-state index contributed by atoms with van der Waals surface area (Å²) >= 11 is 0. The Labute approximate surface area is 96.9 Å². The van der Waals surface area contributed by atoms with Gasteiger partial charge in [-0.3, -0.25) is 0 Å². The molecule has 0 bridgehead atoms. The summed E-state index contributed by atoms with van der Waals surface area (Å²) in [5, 5.41) is 8.82. The van der Waals surface area contributed by atoms with Crippen molar-refractivity contribution in [3.63, 3.8) is 0 Å². The molecule has 88 valence electrons. The van der Waals surface area contributed by atoms with E-state index in [1.165, 1.54) is 19.4 Å². The Bertz CT molecular complexity index is 562. The summed E-state index contributed by atoms with van der Waals surface area (Å²) in [6.45, 7) is 1.72. The van der Waals surface area contributed by atoms with Gasteiger partial charge in [0.05, 0.1) is 18.9 Å². The van der Waals surface area contributed by atoms with Crippen LogP contribution in [0.2, 0.25) is 0 Å². The zero-order valence-corrected chi connectivity index (χ0v) is 9.30. The zero-order chi connectivity index (χ0) is 12.4. The van der Waals surface area contributed by atoms with Crippen molar-refractivity contribution in [2.75, 3.05) is 7.11 Å². The standard InChI is InChI=1S/C11H10N2O4/c1-6-12-5-9(17-6)7-3-4-8(11(14)15)13-10(7)16-2/h3-5H,1-2H3,(H,14,15). The molecule has 0 aliphatic rings. The molecule has 2 aromatic heterocycles. The van der Waals surface area contributed by atoms with Gasteiger partial charge in [-0.1, -0.05) is 0 Å². The molecule has 0 unspecified atom stereocenters. The number of pyridine rings is 1. The van der Waals surface area contributed by atoms with Crippen molar-refractivity contribution < 1.29 is 19.1 Å². The first kappa shape index (κ1) is 11.1. The third-order valence-corrected chi connectivity index (χ3v) is 2.16. The molecule has 0 aromatic carbocycles. The molecule has 0 spiro atoms. The second-order valence-corrected chi connectivity index (χ2v) is 3.30. The number of aromatic carboxylic acids is 1. The van der Waals surface area contributed by atoms with E-state index in [0.717, 1.165) is 0 Å². The van der Waals surface area contributed by atoms with E-state index in [-0.39, 0.29) is 11.6 Å². The maximum absolute atomic E-state index is 10.8. The summed E-state index contributed by atoms with van der Waals surface area (Å²) in [7, 11) is 1.42. The SMILES string of the molecule is COc1nc(C(=O)O)ccc1-c1cnc(C)o1. The quantitative estimate of drug-likeness (QED) is 0.870. The van der Waals surface area contributed by atoms with E-state index in [2.05, 4.69) is 9.97 Å². The van der Waals surface area contributed by atoms with Gasteiger partial charge in [0.2, 0.25) is 5.88 Å². The lowest BCUT2D eigenvalue weighted by Gasteiger charge is -2.05. The van der Waals surface area contributed by atoms with Crippen molar-refractivity contribution in [3.8, 4) is 17.2 Å². The predicted octanol–water partition coefficient (Wildman–Crippen LogP) is 1.75. The number of carboxylic acid groups (broad SMARTS) is 1. The Morgan fingerprint density at radius 3 is 2.76 bits per heavy atom. The molecule has 17 heavy (non-hydrogen) atoms. The van der Waals surface area contributed by atoms with Gasteiger partial charge in [0, 0.05) is 6.92 Å². The molecule has 0 saturated heterocycles. The van der Waals surface area contributed by atoms with E-state index in [1.807, 2.05) is 0 Å². The number of ether oxygens (including phenoxy) is 1. The minimum atomic E-state index is -1.11. The van der Waals surface area contributed by atoms with Crippen molar-refractivity contribution in [2.45, 2.75) is 6.92 Å². The minimum Gasteiger partial charge on any atom is -0.480 e. The monoisotopic (exact) mass is 234 g/mol. The molecule has 2 heterocycles. The smallest absolute Gasteiger partial charge is 0.354 e. The Morgan fingerprint density at radius 1 is 1.47 bits per heavy atom. The topological polar surface area (TPSA) is 85.5 Å². The van der Waals surface area contributed by atoms with Crippen LogP contribution in [0.3, 0.4) is 0 Å². The average molecular weight is 234 g/mol. The van der Waals surface area contributed by atoms with E-state index in [4.69, 9.17) is 14.3 Å². The van der Waals surface area contributed by atoms with Crippen LogP contribution >= 0.6 is 0 Å². The molecular weight excluding hydrogens is 224 g/mol. The summed E-state index contributed by atoms with van der Waals surface area (Å²) in [5.41, 5.74) is 0.486. The first-order chi connectivity index (χ1) is 8.11. The lowest BCUT2D eigenvalue weighted by molar-refractivity contribution is 0.0689. The summed E-state index contributed by atoms with van der Waals surface area (Å²) in [6.07, 6.45) is 1.54. The van der Waals surface area contributed by atoms with Gasteiger partial charge in [-0.15, -0.1) is 0 Å². The van der Waals surface area contributed by atoms with Crippen LogP contribution in [-0.4, -0.2) is 28.2 Å². The molecule has 2 aromatic rings. The number of nitrogens with zero attached hydrogens (tertiary/aromatic N) is 2. The lowest BCUT2D eigenvalue weighted by atomic mass is 10.2. The molecular formula is C11H10N2O4. The number of carbonyl (C=O) groups is 1. The molecule has 0 radical (unpaired) electrons. The van der Waals surface area contributed by atoms with Crippen LogP contribution in [0.25, 0.3) is 11.3 Å². The highest BCUT2D eigenvalue weighted by molar-refractivity contribution is 5.86. The number of oxazole rings is 1. The first-order valence-electron chi connectivity index (χ1n) is 4.83. The van der Waals surface area contributed by atoms with Gasteiger partial charge in [0.15, 0.2) is 17.3 Å². The molecule has 0 fully saturated rings. The molecule has 1 N–H and O–H groups in total. The van der Waals surface area contributed by atoms with Crippen molar-refractivity contribution in [3.05, 3.63) is 29.9 Å². The van der Waals surface area contributed by atoms with Crippen LogP contribution < -0.4 is 4.74 Å². The average Bonchev–Trinajstić information content (AvgIpc) is 2.74. The largest absolute Gasteiger partial charge is 0.480 e. The molecule has 0 atom stereocenters. The third-order valence-electron chi connectivity index (χ3n) is 2.16. The second-order valence-electron chi connectivity index (χ2n) is 3.30. The maximum atomic E-state index is 10.8. The van der Waals surface area contributed by atoms with Gasteiger partial charge in [-0.05, 0) is 12.1 Å². The van der Waals surface area contributed by atoms with Crippen molar-refractivity contribution >= 4 is 5.97 Å². The van der Waals surface area contributed by atoms with Crippen LogP contribution in [0.1, 0.15) is 16.4 Å². The van der Waals surface area contributed by atoms with Gasteiger partial charge in [-0.2, -0.15) is 0 Å². The highest BCUT2D eigenvalue weighted by Crippen LogP contribution is 2.28. The van der Waals surface area contributed by atoms with E-state index >= 15 is 0 Å². The summed E-state index contributed by atoms with van der Waals surface area (Å²) in [4.78, 5) is 18.6. The summed E-state index contributed by atoms with van der Waals surface area (Å²) < 4.78 is 10.4. The van der Waals surface area contributed by atoms with E-state index in [9.17, 15) is 4.79 Å². The Kier molecular flexibility index (Phi) is 2.78. The third kappa shape index (κ3) is 2.10. The number of rotatable bonds is 3. The number of aryl methyl sites for hydroxylation is 1. The maximum Gasteiger partial charge on any atom is 0.354 e. The fourth-order valence-electron chi connectivity index (χ4n) is 1.39. The van der Waals surface area contributed by atoms with Gasteiger partial charge >= 0.3 is 5.97 Å². The molecule has 6 nitrogen and oxygen atoms in total. The van der Waals surface area contributed by atoms with Crippen molar-refractivity contribution in [2.24, 2.45) is 0 Å². The van der Waals surface area contributed by atoms with Gasteiger partial charge in [0.25, 0.3) is 0 Å². The molecule has 0 aliphatic carbocycles. The van der Waals surface area contributed by atoms with Gasteiger partial charge in [0.1, 0.15) is 0 Å². The number of hydrogen-bond donors (Lipinski definition) is 1. The first-order valence-corrected chi connectivity index (χ1v) is 4.83. The van der Waals surface area contributed by atoms with Gasteiger partial charge in [-0.25, -0.2) is 14.8 Å². The Balaban J connectivity index is 2.51. The molecule has 0 amide bonds. The normalized spacial score (nSPS) is 10.2. The molecule has 0 saturated carbocycles. The van der Waals surface area contributed by atoms with E-state index in [1.54, 1.807) is 13.0 Å². The highest BCUT2D eigenvalue weighted by Gasteiger charge is 2.14. The highest BCUT2D eigenvalue weighted by atomic mass is 16.5. The zero-order valence-electron chi connectivity index (χ0n) is 9.30. The lowest BCUT2D eigenvalue weighted by Crippen LogP contribution is -2.02. The van der Waals surface area contributed by atoms with Crippen LogP contribution in [0.5, 0.6) is 5.88 Å². The van der Waals surface area contributed by atoms with Crippen LogP contribution in [0.4, 0.5) is 0 Å². The number of hydrogen-bond acceptors (Lipinski definition) is 5. The predicted molar refractivity (Wildman–Crippen MR) is 58.0 cm³/mol. The Hall–Kier alpha value is -2.37. The Morgan fingerprint density at radius 2 is 2.24 bits per heavy atom. The molecule has 6 heteroatoms. The fraction of sp³-hybridized carbons (Fsp3) is 0.182. The van der Waals surface area contributed by atoms with E-state index < -0.39 is 5.97 Å². The molecule has 2 rings (SSSR count). The number of methoxy groups -OCH3 is 1.